The summed E-state index contributed by atoms with van der Waals surface area (Å²) in [5.41, 5.74) is -0.578. The molecule has 6 heteroatoms. The maximum Gasteiger partial charge on any atom is 0.191 e. The predicted molar refractivity (Wildman–Crippen MR) is 93.9 cm³/mol. The monoisotopic (exact) mass is 326 g/mol. The summed E-state index contributed by atoms with van der Waals surface area (Å²) >= 11 is 0. The Kier molecular flexibility index (Phi) is 7.59. The standard InChI is InChI=1S/C17H34N4O2/c1-3-18-16(19-14-17(22)8-4-5-9-17)20-15-6-10-21(11-7-15)12-13-23-2/h15,22H,3-14H2,1-2H3,(H2,18,19,20). The van der Waals surface area contributed by atoms with E-state index in [4.69, 9.17) is 4.74 Å². The van der Waals surface area contributed by atoms with Gasteiger partial charge in [-0.1, -0.05) is 12.8 Å². The lowest BCUT2D eigenvalue weighted by Gasteiger charge is -2.33. The minimum absolute atomic E-state index is 0.463. The van der Waals surface area contributed by atoms with Gasteiger partial charge in [-0.3, -0.25) is 4.99 Å². The van der Waals surface area contributed by atoms with E-state index in [1.54, 1.807) is 7.11 Å². The van der Waals surface area contributed by atoms with Crippen molar-refractivity contribution in [3.63, 3.8) is 0 Å². The van der Waals surface area contributed by atoms with Gasteiger partial charge in [0.2, 0.25) is 0 Å². The van der Waals surface area contributed by atoms with Gasteiger partial charge in [-0.25, -0.2) is 0 Å². The number of guanidine groups is 1. The summed E-state index contributed by atoms with van der Waals surface area (Å²) in [7, 11) is 1.76. The summed E-state index contributed by atoms with van der Waals surface area (Å²) in [4.78, 5) is 7.09. The first kappa shape index (κ1) is 18.5. The summed E-state index contributed by atoms with van der Waals surface area (Å²) in [6, 6.07) is 0.463. The number of methoxy groups -OCH3 is 1. The summed E-state index contributed by atoms with van der Waals surface area (Å²) in [5, 5.41) is 17.3. The molecule has 0 aromatic heterocycles. The zero-order chi connectivity index (χ0) is 16.5. The Balaban J connectivity index is 1.78. The van der Waals surface area contributed by atoms with Gasteiger partial charge in [0.15, 0.2) is 5.96 Å². The number of hydrogen-bond donors (Lipinski definition) is 3. The molecule has 0 bridgehead atoms. The van der Waals surface area contributed by atoms with Crippen molar-refractivity contribution in [2.45, 2.75) is 57.1 Å². The molecular formula is C17H34N4O2. The summed E-state index contributed by atoms with van der Waals surface area (Å²) in [6.45, 7) is 7.46. The van der Waals surface area contributed by atoms with Crippen LogP contribution in [0.15, 0.2) is 4.99 Å². The second-order valence-corrected chi connectivity index (χ2v) is 6.88. The highest BCUT2D eigenvalue weighted by molar-refractivity contribution is 5.80. The molecule has 0 radical (unpaired) electrons. The minimum atomic E-state index is -0.578. The Morgan fingerprint density at radius 1 is 1.30 bits per heavy atom. The average molecular weight is 326 g/mol. The zero-order valence-corrected chi connectivity index (χ0v) is 14.8. The van der Waals surface area contributed by atoms with Crippen molar-refractivity contribution in [3.05, 3.63) is 0 Å². The van der Waals surface area contributed by atoms with E-state index >= 15 is 0 Å². The van der Waals surface area contributed by atoms with E-state index in [9.17, 15) is 5.11 Å². The first-order valence-electron chi connectivity index (χ1n) is 9.14. The van der Waals surface area contributed by atoms with Crippen LogP contribution in [0.3, 0.4) is 0 Å². The third-order valence-electron chi connectivity index (χ3n) is 4.95. The third kappa shape index (κ3) is 6.28. The highest BCUT2D eigenvalue weighted by atomic mass is 16.5. The molecule has 1 saturated heterocycles. The molecule has 134 valence electrons. The van der Waals surface area contributed by atoms with Crippen LogP contribution in [0.1, 0.15) is 45.4 Å². The topological polar surface area (TPSA) is 69.1 Å². The molecule has 0 aromatic rings. The highest BCUT2D eigenvalue weighted by Gasteiger charge is 2.31. The Labute approximate surface area is 140 Å². The Morgan fingerprint density at radius 2 is 2.00 bits per heavy atom. The van der Waals surface area contributed by atoms with E-state index in [2.05, 4.69) is 27.4 Å². The first-order chi connectivity index (χ1) is 11.1. The van der Waals surface area contributed by atoms with E-state index in [1.807, 2.05) is 0 Å². The van der Waals surface area contributed by atoms with E-state index in [0.717, 1.165) is 77.3 Å². The number of aliphatic hydroxyl groups is 1. The van der Waals surface area contributed by atoms with Crippen LogP contribution in [0.4, 0.5) is 0 Å². The first-order valence-corrected chi connectivity index (χ1v) is 9.14. The number of likely N-dealkylation sites (tertiary alicyclic amines) is 1. The molecule has 1 aliphatic heterocycles. The SMILES string of the molecule is CCNC(=NCC1(O)CCCC1)NC1CCN(CCOC)CC1. The average Bonchev–Trinajstić information content (AvgIpc) is 2.99. The van der Waals surface area contributed by atoms with Gasteiger partial charge in [-0.05, 0) is 32.6 Å². The van der Waals surface area contributed by atoms with Crippen LogP contribution in [0, 0.1) is 0 Å². The van der Waals surface area contributed by atoms with E-state index < -0.39 is 5.60 Å². The molecule has 1 heterocycles. The van der Waals surface area contributed by atoms with Gasteiger partial charge in [0.1, 0.15) is 0 Å². The number of ether oxygens (including phenoxy) is 1. The van der Waals surface area contributed by atoms with Crippen molar-refractivity contribution in [2.24, 2.45) is 4.99 Å². The Morgan fingerprint density at radius 3 is 2.61 bits per heavy atom. The van der Waals surface area contributed by atoms with E-state index in [1.165, 1.54) is 0 Å². The lowest BCUT2D eigenvalue weighted by atomic mass is 10.0. The van der Waals surface area contributed by atoms with Gasteiger partial charge in [0.25, 0.3) is 0 Å². The number of aliphatic imine (C=N–C) groups is 1. The molecule has 2 fully saturated rings. The zero-order valence-electron chi connectivity index (χ0n) is 14.8. The molecule has 0 atom stereocenters. The van der Waals surface area contributed by atoms with Gasteiger partial charge in [-0.15, -0.1) is 0 Å². The van der Waals surface area contributed by atoms with Crippen LogP contribution in [0.25, 0.3) is 0 Å². The fraction of sp³-hybridized carbons (Fsp3) is 0.941. The van der Waals surface area contributed by atoms with Crippen LogP contribution in [0.5, 0.6) is 0 Å². The van der Waals surface area contributed by atoms with E-state index in [0.29, 0.717) is 12.6 Å². The van der Waals surface area contributed by atoms with Gasteiger partial charge in [-0.2, -0.15) is 0 Å². The molecule has 0 unspecified atom stereocenters. The normalized spacial score (nSPS) is 23.2. The van der Waals surface area contributed by atoms with Gasteiger partial charge >= 0.3 is 0 Å². The molecule has 1 aliphatic carbocycles. The van der Waals surface area contributed by atoms with Crippen LogP contribution < -0.4 is 10.6 Å². The summed E-state index contributed by atoms with van der Waals surface area (Å²) in [5.74, 6) is 0.850. The maximum atomic E-state index is 10.5. The number of hydrogen-bond acceptors (Lipinski definition) is 4. The van der Waals surface area contributed by atoms with Crippen LogP contribution in [-0.2, 0) is 4.74 Å². The van der Waals surface area contributed by atoms with Crippen LogP contribution >= 0.6 is 0 Å². The molecular weight excluding hydrogens is 292 g/mol. The Bertz CT molecular complexity index is 362. The predicted octanol–water partition coefficient (Wildman–Crippen LogP) is 0.957. The smallest absolute Gasteiger partial charge is 0.191 e. The highest BCUT2D eigenvalue weighted by Crippen LogP contribution is 2.29. The van der Waals surface area contributed by atoms with Crippen LogP contribution in [0.2, 0.25) is 0 Å². The lowest BCUT2D eigenvalue weighted by Crippen LogP contribution is -2.49. The van der Waals surface area contributed by atoms with Gasteiger partial charge < -0.3 is 25.4 Å². The van der Waals surface area contributed by atoms with Gasteiger partial charge in [0.05, 0.1) is 18.8 Å². The molecule has 2 rings (SSSR count). The molecule has 0 spiro atoms. The molecule has 23 heavy (non-hydrogen) atoms. The van der Waals surface area contributed by atoms with Crippen molar-refractivity contribution >= 4 is 5.96 Å². The largest absolute Gasteiger partial charge is 0.388 e. The molecule has 0 aromatic carbocycles. The quantitative estimate of drug-likeness (QED) is 0.480. The lowest BCUT2D eigenvalue weighted by molar-refractivity contribution is 0.0573. The van der Waals surface area contributed by atoms with Gasteiger partial charge in [0, 0.05) is 39.3 Å². The number of nitrogens with one attached hydrogen (secondary N) is 2. The fourth-order valence-electron chi connectivity index (χ4n) is 3.45. The summed E-state index contributed by atoms with van der Waals surface area (Å²) < 4.78 is 5.15. The molecule has 0 amide bonds. The van der Waals surface area contributed by atoms with Crippen molar-refractivity contribution in [3.8, 4) is 0 Å². The summed E-state index contributed by atoms with van der Waals surface area (Å²) in [6.07, 6.45) is 6.25. The third-order valence-corrected chi connectivity index (χ3v) is 4.95. The fourth-order valence-corrected chi connectivity index (χ4v) is 3.45. The maximum absolute atomic E-state index is 10.5. The molecule has 2 aliphatic rings. The van der Waals surface area contributed by atoms with Crippen molar-refractivity contribution in [1.82, 2.24) is 15.5 Å². The van der Waals surface area contributed by atoms with Crippen molar-refractivity contribution in [1.29, 1.82) is 0 Å². The minimum Gasteiger partial charge on any atom is -0.388 e. The second-order valence-electron chi connectivity index (χ2n) is 6.88. The molecule has 6 nitrogen and oxygen atoms in total. The number of piperidine rings is 1. The van der Waals surface area contributed by atoms with Crippen molar-refractivity contribution < 1.29 is 9.84 Å². The van der Waals surface area contributed by atoms with Crippen molar-refractivity contribution in [2.75, 3.05) is 46.4 Å². The van der Waals surface area contributed by atoms with E-state index in [-0.39, 0.29) is 0 Å². The second kappa shape index (κ2) is 9.45. The van der Waals surface area contributed by atoms with Crippen LogP contribution in [-0.4, -0.2) is 74.0 Å². The molecule has 3 N–H and O–H groups in total. The Hall–Kier alpha value is -0.850. The molecule has 1 saturated carbocycles. The number of rotatable bonds is 7. The number of nitrogens with zero attached hydrogens (tertiary/aromatic N) is 2.